The van der Waals surface area contributed by atoms with Gasteiger partial charge in [-0.25, -0.2) is 4.79 Å². The number of carbonyl (C=O) groups is 1. The number of hydrogen-bond donors (Lipinski definition) is 2. The van der Waals surface area contributed by atoms with Crippen molar-refractivity contribution >= 4 is 85.9 Å². The zero-order valence-electron chi connectivity index (χ0n) is 2.21. The maximum atomic E-state index is 8.56. The van der Waals surface area contributed by atoms with Gasteiger partial charge in [-0.05, 0) is 0 Å². The fourth-order valence-corrected chi connectivity index (χ4v) is 0. The van der Waals surface area contributed by atoms with Gasteiger partial charge in [-0.2, -0.15) is 0 Å². The van der Waals surface area contributed by atoms with E-state index in [9.17, 15) is 0 Å². The Labute approximate surface area is 99.2 Å². The van der Waals surface area contributed by atoms with Crippen molar-refractivity contribution in [1.29, 1.82) is 0 Å². The van der Waals surface area contributed by atoms with Gasteiger partial charge in [0, 0.05) is 0 Å². The van der Waals surface area contributed by atoms with Crippen LogP contribution in [0.15, 0.2) is 0 Å². The predicted molar refractivity (Wildman–Crippen MR) is 33.6 cm³/mol. The van der Waals surface area contributed by atoms with Gasteiger partial charge in [-0.3, -0.25) is 0 Å². The van der Waals surface area contributed by atoms with Gasteiger partial charge in [0.2, 0.25) is 0 Å². The van der Waals surface area contributed by atoms with E-state index in [1.807, 2.05) is 0 Å². The molecule has 38 valence electrons. The summed E-state index contributed by atoms with van der Waals surface area (Å²) in [7, 11) is 0. The molecule has 0 aliphatic rings. The van der Waals surface area contributed by atoms with Crippen LogP contribution in [-0.2, 0) is 0 Å². The fraction of sp³-hybridized carbons (Fsp3) is 0. The molecule has 0 rings (SSSR count). The van der Waals surface area contributed by atoms with E-state index in [0.29, 0.717) is 0 Å². The summed E-state index contributed by atoms with van der Waals surface area (Å²) in [5.74, 6) is 0. The Kier molecular flexibility index (Phi) is 51.9. The zero-order chi connectivity index (χ0) is 3.58. The van der Waals surface area contributed by atoms with Crippen LogP contribution in [0.4, 0.5) is 4.79 Å². The Morgan fingerprint density at radius 1 is 1.29 bits per heavy atom. The molecule has 0 heterocycles. The number of rotatable bonds is 0. The molecule has 7 heavy (non-hydrogen) atoms. The predicted octanol–water partition coefficient (Wildman–Crippen LogP) is -0.921. The second-order valence-corrected chi connectivity index (χ2v) is 0.283. The summed E-state index contributed by atoms with van der Waals surface area (Å²) >= 11 is 0. The average Bonchev–Trinajstić information content (AvgIpc) is 0.811. The van der Waals surface area contributed by atoms with Gasteiger partial charge < -0.3 is 10.2 Å². The number of halogens is 1. The second kappa shape index (κ2) is 15.7. The van der Waals surface area contributed by atoms with Crippen molar-refractivity contribution in [3.8, 4) is 0 Å². The molecule has 0 spiro atoms. The molecule has 0 saturated carbocycles. The minimum absolute atomic E-state index is 0. The molecule has 0 saturated heterocycles. The molecule has 6 heteroatoms. The molecule has 0 amide bonds. The molecule has 0 unspecified atom stereocenters. The van der Waals surface area contributed by atoms with Gasteiger partial charge in [0.25, 0.3) is 0 Å². The third kappa shape index (κ3) is 80.0. The van der Waals surface area contributed by atoms with Crippen molar-refractivity contribution in [2.45, 2.75) is 0 Å². The molecule has 0 aromatic carbocycles. The summed E-state index contributed by atoms with van der Waals surface area (Å²) < 4.78 is 0. The van der Waals surface area contributed by atoms with Crippen LogP contribution in [0.5, 0.6) is 0 Å². The molecule has 0 atom stereocenters. The zero-order valence-corrected chi connectivity index (χ0v) is 3.03. The van der Waals surface area contributed by atoms with E-state index in [1.54, 1.807) is 0 Å². The van der Waals surface area contributed by atoms with Gasteiger partial charge in [-0.15, -0.1) is 12.4 Å². The maximum absolute atomic E-state index is 8.56. The van der Waals surface area contributed by atoms with Gasteiger partial charge in [-0.1, -0.05) is 0 Å². The van der Waals surface area contributed by atoms with E-state index < -0.39 is 6.16 Å². The van der Waals surface area contributed by atoms with Crippen molar-refractivity contribution in [1.82, 2.24) is 0 Å². The second-order valence-electron chi connectivity index (χ2n) is 0.283. The van der Waals surface area contributed by atoms with Crippen molar-refractivity contribution < 1.29 is 15.0 Å². The summed E-state index contributed by atoms with van der Waals surface area (Å²) in [5.41, 5.74) is 0. The van der Waals surface area contributed by atoms with Crippen LogP contribution >= 0.6 is 12.4 Å². The quantitative estimate of drug-likeness (QED) is 0.456. The van der Waals surface area contributed by atoms with Crippen LogP contribution in [0.2, 0.25) is 0 Å². The van der Waals surface area contributed by atoms with Crippen molar-refractivity contribution in [3.05, 3.63) is 0 Å². The van der Waals surface area contributed by atoms with Crippen LogP contribution in [-0.4, -0.2) is 83.7 Å². The van der Waals surface area contributed by atoms with Crippen molar-refractivity contribution in [2.24, 2.45) is 0 Å². The topological polar surface area (TPSA) is 57.5 Å². The van der Waals surface area contributed by atoms with Crippen molar-refractivity contribution in [2.75, 3.05) is 0 Å². The first kappa shape index (κ1) is 23.2. The Morgan fingerprint density at radius 3 is 1.29 bits per heavy atom. The van der Waals surface area contributed by atoms with E-state index >= 15 is 0 Å². The van der Waals surface area contributed by atoms with Crippen LogP contribution < -0.4 is 0 Å². The minimum atomic E-state index is -1.83. The SMILES string of the molecule is Cl.O=C(O)O.[CaH2].[NaH]. The number of hydrogen-bond acceptors (Lipinski definition) is 1. The molecule has 0 aromatic heterocycles. The van der Waals surface area contributed by atoms with E-state index in [4.69, 9.17) is 15.0 Å². The van der Waals surface area contributed by atoms with Crippen LogP contribution in [0.25, 0.3) is 0 Å². The Bertz CT molecular complexity index is 37.9. The number of carboxylic acid groups (broad SMARTS) is 2. The first-order valence-electron chi connectivity index (χ1n) is 0.651. The van der Waals surface area contributed by atoms with E-state index in [2.05, 4.69) is 0 Å². The monoisotopic (exact) mass is 164 g/mol. The van der Waals surface area contributed by atoms with E-state index in [-0.39, 0.29) is 79.7 Å². The molecule has 2 N–H and O–H groups in total. The molecule has 0 aliphatic heterocycles. The summed E-state index contributed by atoms with van der Waals surface area (Å²) in [5, 5.41) is 13.9. The van der Waals surface area contributed by atoms with Gasteiger partial charge in [0.15, 0.2) is 0 Å². The van der Waals surface area contributed by atoms with Crippen LogP contribution in [0, 0.1) is 0 Å². The molecule has 0 aliphatic carbocycles. The summed E-state index contributed by atoms with van der Waals surface area (Å²) in [6, 6.07) is 0. The Balaban J connectivity index is -0.0000000150. The van der Waals surface area contributed by atoms with E-state index in [0.717, 1.165) is 0 Å². The van der Waals surface area contributed by atoms with Gasteiger partial charge in [0.1, 0.15) is 0 Å². The van der Waals surface area contributed by atoms with Crippen LogP contribution in [0.1, 0.15) is 0 Å². The molecule has 0 radical (unpaired) electrons. The molecular formula is CH6CaClNaO3. The summed E-state index contributed by atoms with van der Waals surface area (Å²) in [4.78, 5) is 8.56. The average molecular weight is 165 g/mol. The van der Waals surface area contributed by atoms with Crippen LogP contribution in [0.3, 0.4) is 0 Å². The van der Waals surface area contributed by atoms with E-state index in [1.165, 1.54) is 0 Å². The van der Waals surface area contributed by atoms with Gasteiger partial charge in [0.05, 0.1) is 0 Å². The molecular weight excluding hydrogens is 159 g/mol. The van der Waals surface area contributed by atoms with Gasteiger partial charge >= 0.3 is 73.5 Å². The summed E-state index contributed by atoms with van der Waals surface area (Å²) in [6.07, 6.45) is -1.83. The first-order chi connectivity index (χ1) is 1.73. The molecule has 0 aromatic rings. The molecule has 3 nitrogen and oxygen atoms in total. The van der Waals surface area contributed by atoms with Crippen molar-refractivity contribution in [3.63, 3.8) is 0 Å². The fourth-order valence-electron chi connectivity index (χ4n) is 0. The first-order valence-corrected chi connectivity index (χ1v) is 0.651. The third-order valence-electron chi connectivity index (χ3n) is 0. The normalized spacial score (nSPS) is 3.43. The molecule has 0 bridgehead atoms. The molecule has 0 fully saturated rings. The standard InChI is InChI=1S/CH2O3.Ca.ClH.Na.3H/c2-1(3)4;;;;;;/h(H2,2,3,4);;1H;;;;. The Hall–Kier alpha value is 1.82. The Morgan fingerprint density at radius 2 is 1.29 bits per heavy atom. The third-order valence-corrected chi connectivity index (χ3v) is 0. The summed E-state index contributed by atoms with van der Waals surface area (Å²) in [6.45, 7) is 0.